The van der Waals surface area contributed by atoms with Crippen LogP contribution in [0.1, 0.15) is 23.2 Å². The fourth-order valence-electron chi connectivity index (χ4n) is 3.09. The second-order valence-electron chi connectivity index (χ2n) is 6.64. The van der Waals surface area contributed by atoms with E-state index < -0.39 is 0 Å². The number of hydrogen-bond donors (Lipinski definition) is 0. The quantitative estimate of drug-likeness (QED) is 0.803. The Morgan fingerprint density at radius 2 is 2.04 bits per heavy atom. The maximum atomic E-state index is 12.6. The normalized spacial score (nSPS) is 21.5. The molecule has 3 rings (SSSR count). The summed E-state index contributed by atoms with van der Waals surface area (Å²) in [5.74, 6) is 1.72. The van der Waals surface area contributed by atoms with E-state index in [2.05, 4.69) is 11.9 Å². The van der Waals surface area contributed by atoms with E-state index in [1.807, 2.05) is 29.2 Å². The van der Waals surface area contributed by atoms with Crippen molar-refractivity contribution in [2.45, 2.75) is 18.9 Å². The van der Waals surface area contributed by atoms with E-state index in [1.54, 1.807) is 7.11 Å². The van der Waals surface area contributed by atoms with Crippen molar-refractivity contribution in [3.05, 3.63) is 29.8 Å². The topological polar surface area (TPSA) is 42.0 Å². The van der Waals surface area contributed by atoms with Crippen LogP contribution in [0.4, 0.5) is 0 Å². The van der Waals surface area contributed by atoms with E-state index >= 15 is 0 Å². The van der Waals surface area contributed by atoms with Crippen molar-refractivity contribution < 1.29 is 14.3 Å². The van der Waals surface area contributed by atoms with Crippen LogP contribution in [-0.2, 0) is 4.74 Å². The number of rotatable bonds is 6. The lowest BCUT2D eigenvalue weighted by Crippen LogP contribution is -2.49. The van der Waals surface area contributed by atoms with Crippen molar-refractivity contribution in [1.29, 1.82) is 0 Å². The van der Waals surface area contributed by atoms with Gasteiger partial charge < -0.3 is 19.3 Å². The highest BCUT2D eigenvalue weighted by molar-refractivity contribution is 5.94. The van der Waals surface area contributed by atoms with E-state index in [1.165, 1.54) is 12.8 Å². The third-order valence-corrected chi connectivity index (χ3v) is 4.55. The number of morpholine rings is 1. The summed E-state index contributed by atoms with van der Waals surface area (Å²) in [6, 6.07) is 7.30. The van der Waals surface area contributed by atoms with Crippen LogP contribution >= 0.6 is 0 Å². The molecule has 5 nitrogen and oxygen atoms in total. The molecule has 1 aliphatic heterocycles. The summed E-state index contributed by atoms with van der Waals surface area (Å²) in [6.07, 6.45) is 2.82. The third kappa shape index (κ3) is 4.45. The largest absolute Gasteiger partial charge is 0.497 e. The van der Waals surface area contributed by atoms with E-state index in [4.69, 9.17) is 9.47 Å². The summed E-state index contributed by atoms with van der Waals surface area (Å²) >= 11 is 0. The van der Waals surface area contributed by atoms with Crippen LogP contribution < -0.4 is 4.74 Å². The molecular formula is C18H26N2O3. The lowest BCUT2D eigenvalue weighted by molar-refractivity contribution is -0.0334. The molecule has 5 heteroatoms. The van der Waals surface area contributed by atoms with Crippen LogP contribution in [0.5, 0.6) is 5.75 Å². The molecule has 1 aromatic carbocycles. The van der Waals surface area contributed by atoms with Crippen LogP contribution in [-0.4, -0.2) is 68.8 Å². The molecule has 0 spiro atoms. The summed E-state index contributed by atoms with van der Waals surface area (Å²) in [5.41, 5.74) is 0.706. The number of ether oxygens (including phenoxy) is 2. The molecule has 1 aromatic rings. The number of benzene rings is 1. The molecule has 0 N–H and O–H groups in total. The number of likely N-dealkylation sites (N-methyl/N-ethyl adjacent to an activating group) is 1. The van der Waals surface area contributed by atoms with Crippen LogP contribution in [0.15, 0.2) is 24.3 Å². The molecule has 1 amide bonds. The highest BCUT2D eigenvalue weighted by atomic mass is 16.5. The van der Waals surface area contributed by atoms with Crippen LogP contribution in [0, 0.1) is 5.92 Å². The molecule has 0 radical (unpaired) electrons. The highest BCUT2D eigenvalue weighted by Gasteiger charge is 2.28. The van der Waals surface area contributed by atoms with Gasteiger partial charge in [0, 0.05) is 31.7 Å². The molecule has 2 fully saturated rings. The highest BCUT2D eigenvalue weighted by Crippen LogP contribution is 2.29. The molecule has 1 saturated heterocycles. The van der Waals surface area contributed by atoms with Gasteiger partial charge in [-0.3, -0.25) is 4.79 Å². The fraction of sp³-hybridized carbons (Fsp3) is 0.611. The van der Waals surface area contributed by atoms with Gasteiger partial charge in [-0.15, -0.1) is 0 Å². The average molecular weight is 318 g/mol. The Hall–Kier alpha value is -1.59. The van der Waals surface area contributed by atoms with E-state index in [0.29, 0.717) is 25.3 Å². The predicted molar refractivity (Wildman–Crippen MR) is 88.9 cm³/mol. The molecular weight excluding hydrogens is 292 g/mol. The van der Waals surface area contributed by atoms with Crippen LogP contribution in [0.3, 0.4) is 0 Å². The number of amides is 1. The van der Waals surface area contributed by atoms with Gasteiger partial charge in [0.1, 0.15) is 5.75 Å². The Kier molecular flexibility index (Phi) is 5.18. The van der Waals surface area contributed by atoms with Gasteiger partial charge in [0.15, 0.2) is 0 Å². The van der Waals surface area contributed by atoms with Crippen molar-refractivity contribution in [1.82, 2.24) is 9.80 Å². The molecule has 1 atom stereocenters. The van der Waals surface area contributed by atoms with Crippen molar-refractivity contribution in [3.63, 3.8) is 0 Å². The second kappa shape index (κ2) is 7.32. The van der Waals surface area contributed by atoms with Crippen molar-refractivity contribution in [2.24, 2.45) is 5.92 Å². The summed E-state index contributed by atoms with van der Waals surface area (Å²) in [4.78, 5) is 16.9. The predicted octanol–water partition coefficient (Wildman–Crippen LogP) is 1.88. The summed E-state index contributed by atoms with van der Waals surface area (Å²) in [7, 11) is 3.77. The number of methoxy groups -OCH3 is 1. The first-order valence-electron chi connectivity index (χ1n) is 8.39. The molecule has 1 saturated carbocycles. The van der Waals surface area contributed by atoms with Crippen molar-refractivity contribution in [3.8, 4) is 5.75 Å². The Labute approximate surface area is 138 Å². The molecule has 0 unspecified atom stereocenters. The van der Waals surface area contributed by atoms with Gasteiger partial charge in [-0.05, 0) is 50.1 Å². The zero-order valence-electron chi connectivity index (χ0n) is 14.0. The number of carbonyl (C=O) groups excluding carboxylic acids is 1. The van der Waals surface area contributed by atoms with Crippen molar-refractivity contribution in [2.75, 3.05) is 46.9 Å². The molecule has 0 aromatic heterocycles. The van der Waals surface area contributed by atoms with E-state index in [9.17, 15) is 4.79 Å². The van der Waals surface area contributed by atoms with Crippen LogP contribution in [0.2, 0.25) is 0 Å². The average Bonchev–Trinajstić information content (AvgIpc) is 3.38. The number of carbonyl (C=O) groups is 1. The van der Waals surface area contributed by atoms with Crippen LogP contribution in [0.25, 0.3) is 0 Å². The lowest BCUT2D eigenvalue weighted by atomic mass is 10.1. The number of nitrogens with zero attached hydrogens (tertiary/aromatic N) is 2. The van der Waals surface area contributed by atoms with Crippen molar-refractivity contribution >= 4 is 5.91 Å². The van der Waals surface area contributed by atoms with Gasteiger partial charge >= 0.3 is 0 Å². The second-order valence-corrected chi connectivity index (χ2v) is 6.64. The molecule has 126 valence electrons. The summed E-state index contributed by atoms with van der Waals surface area (Å²) in [5, 5.41) is 0. The molecule has 2 aliphatic rings. The lowest BCUT2D eigenvalue weighted by Gasteiger charge is -2.35. The first-order valence-corrected chi connectivity index (χ1v) is 8.39. The summed E-state index contributed by atoms with van der Waals surface area (Å²) < 4.78 is 11.0. The molecule has 1 aliphatic carbocycles. The maximum Gasteiger partial charge on any atom is 0.254 e. The third-order valence-electron chi connectivity index (χ3n) is 4.55. The minimum absolute atomic E-state index is 0.0748. The smallest absolute Gasteiger partial charge is 0.254 e. The molecule has 1 heterocycles. The van der Waals surface area contributed by atoms with Gasteiger partial charge in [0.25, 0.3) is 5.91 Å². The van der Waals surface area contributed by atoms with Gasteiger partial charge in [-0.1, -0.05) is 0 Å². The van der Waals surface area contributed by atoms with Gasteiger partial charge in [-0.25, -0.2) is 0 Å². The number of hydrogen-bond acceptors (Lipinski definition) is 4. The van der Waals surface area contributed by atoms with Gasteiger partial charge in [0.05, 0.1) is 19.8 Å². The first-order chi connectivity index (χ1) is 11.2. The maximum absolute atomic E-state index is 12.6. The first kappa shape index (κ1) is 16.3. The Bertz CT molecular complexity index is 528. The van der Waals surface area contributed by atoms with E-state index in [0.717, 1.165) is 24.8 Å². The van der Waals surface area contributed by atoms with E-state index in [-0.39, 0.29) is 12.0 Å². The standard InChI is InChI=1S/C18H26N2O3/c1-19(11-14-3-4-14)12-17-13-20(9-10-23-17)18(21)15-5-7-16(22-2)8-6-15/h5-8,14,17H,3-4,9-13H2,1-2H3/t17-/m1/s1. The zero-order chi connectivity index (χ0) is 16.2. The zero-order valence-corrected chi connectivity index (χ0v) is 14.0. The monoisotopic (exact) mass is 318 g/mol. The molecule has 0 bridgehead atoms. The Morgan fingerprint density at radius 3 is 2.70 bits per heavy atom. The Balaban J connectivity index is 1.54. The minimum atomic E-state index is 0.0748. The van der Waals surface area contributed by atoms with Gasteiger partial charge in [0.2, 0.25) is 0 Å². The molecule has 23 heavy (non-hydrogen) atoms. The SMILES string of the molecule is COc1ccc(C(=O)N2CCO[C@H](CN(C)CC3CC3)C2)cc1. The van der Waals surface area contributed by atoms with Gasteiger partial charge in [-0.2, -0.15) is 0 Å². The summed E-state index contributed by atoms with van der Waals surface area (Å²) in [6.45, 7) is 3.98. The Morgan fingerprint density at radius 1 is 1.30 bits per heavy atom. The fourth-order valence-corrected chi connectivity index (χ4v) is 3.09. The minimum Gasteiger partial charge on any atom is -0.497 e.